The Balaban J connectivity index is 1.92. The Morgan fingerprint density at radius 3 is 2.83 bits per heavy atom. The maximum absolute atomic E-state index is 12.0. The Labute approximate surface area is 108 Å². The summed E-state index contributed by atoms with van der Waals surface area (Å²) < 4.78 is 0. The van der Waals surface area contributed by atoms with Crippen LogP contribution in [0.1, 0.15) is 35.7 Å². The second kappa shape index (κ2) is 5.48. The van der Waals surface area contributed by atoms with Gasteiger partial charge in [0.05, 0.1) is 5.56 Å². The molecule has 1 aromatic rings. The van der Waals surface area contributed by atoms with E-state index in [2.05, 4.69) is 22.5 Å². The Morgan fingerprint density at radius 2 is 2.17 bits per heavy atom. The first-order valence-corrected chi connectivity index (χ1v) is 6.50. The van der Waals surface area contributed by atoms with Gasteiger partial charge in [-0.25, -0.2) is 0 Å². The van der Waals surface area contributed by atoms with Gasteiger partial charge in [-0.3, -0.25) is 9.78 Å². The zero-order valence-electron chi connectivity index (χ0n) is 11.1. The van der Waals surface area contributed by atoms with Crippen molar-refractivity contribution in [3.05, 3.63) is 29.6 Å². The van der Waals surface area contributed by atoms with E-state index in [9.17, 15) is 4.79 Å². The van der Waals surface area contributed by atoms with Crippen molar-refractivity contribution in [1.29, 1.82) is 0 Å². The summed E-state index contributed by atoms with van der Waals surface area (Å²) >= 11 is 0. The molecule has 0 unspecified atom stereocenters. The van der Waals surface area contributed by atoms with E-state index in [0.717, 1.165) is 38.0 Å². The predicted molar refractivity (Wildman–Crippen MR) is 71.5 cm³/mol. The summed E-state index contributed by atoms with van der Waals surface area (Å²) in [4.78, 5) is 16.1. The van der Waals surface area contributed by atoms with Crippen molar-refractivity contribution in [2.75, 3.05) is 19.6 Å². The number of carbonyl (C=O) groups is 1. The van der Waals surface area contributed by atoms with Gasteiger partial charge in [-0.15, -0.1) is 0 Å². The molecule has 1 amide bonds. The van der Waals surface area contributed by atoms with Crippen LogP contribution in [0.4, 0.5) is 0 Å². The molecule has 0 saturated carbocycles. The summed E-state index contributed by atoms with van der Waals surface area (Å²) in [7, 11) is 0. The third-order valence-electron chi connectivity index (χ3n) is 3.62. The van der Waals surface area contributed by atoms with Crippen LogP contribution >= 0.6 is 0 Å². The first kappa shape index (κ1) is 13.0. The number of aryl methyl sites for hydroxylation is 1. The predicted octanol–water partition coefficient (Wildman–Crippen LogP) is 1.51. The van der Waals surface area contributed by atoms with Crippen molar-refractivity contribution in [1.82, 2.24) is 15.6 Å². The second-order valence-corrected chi connectivity index (χ2v) is 5.49. The van der Waals surface area contributed by atoms with Crippen LogP contribution < -0.4 is 10.6 Å². The summed E-state index contributed by atoms with van der Waals surface area (Å²) in [5, 5.41) is 6.37. The Hall–Kier alpha value is -1.42. The van der Waals surface area contributed by atoms with Gasteiger partial charge in [-0.1, -0.05) is 6.92 Å². The fourth-order valence-electron chi connectivity index (χ4n) is 2.28. The molecule has 2 N–H and O–H groups in total. The molecule has 1 aliphatic heterocycles. The normalized spacial score (nSPS) is 18.3. The first-order chi connectivity index (χ1) is 8.59. The maximum Gasteiger partial charge on any atom is 0.252 e. The minimum absolute atomic E-state index is 0.0223. The quantitative estimate of drug-likeness (QED) is 0.851. The molecule has 1 fully saturated rings. The molecule has 18 heavy (non-hydrogen) atoms. The Kier molecular flexibility index (Phi) is 3.97. The van der Waals surface area contributed by atoms with E-state index in [-0.39, 0.29) is 11.3 Å². The number of pyridine rings is 1. The third-order valence-corrected chi connectivity index (χ3v) is 3.62. The SMILES string of the molecule is Cc1cncc(C(=O)NCC2(C)CCNCC2)c1. The molecule has 1 aromatic heterocycles. The van der Waals surface area contributed by atoms with Gasteiger partial charge in [0.25, 0.3) is 5.91 Å². The first-order valence-electron chi connectivity index (χ1n) is 6.50. The van der Waals surface area contributed by atoms with Crippen LogP contribution in [-0.4, -0.2) is 30.5 Å². The van der Waals surface area contributed by atoms with Crippen molar-refractivity contribution in [2.24, 2.45) is 5.41 Å². The number of piperidine rings is 1. The number of hydrogen-bond donors (Lipinski definition) is 2. The standard InChI is InChI=1S/C14H21N3O/c1-11-7-12(9-16-8-11)13(18)17-10-14(2)3-5-15-6-4-14/h7-9,15H,3-6,10H2,1-2H3,(H,17,18). The molecular weight excluding hydrogens is 226 g/mol. The highest BCUT2D eigenvalue weighted by atomic mass is 16.1. The topological polar surface area (TPSA) is 54.0 Å². The van der Waals surface area contributed by atoms with Crippen LogP contribution in [0.5, 0.6) is 0 Å². The van der Waals surface area contributed by atoms with Crippen LogP contribution in [0.25, 0.3) is 0 Å². The smallest absolute Gasteiger partial charge is 0.252 e. The van der Waals surface area contributed by atoms with Crippen LogP contribution in [0.15, 0.2) is 18.5 Å². The molecule has 0 aliphatic carbocycles. The summed E-state index contributed by atoms with van der Waals surface area (Å²) in [6.45, 7) is 7.00. The van der Waals surface area contributed by atoms with Gasteiger partial charge in [-0.2, -0.15) is 0 Å². The Bertz CT molecular complexity index is 425. The molecular formula is C14H21N3O. The monoisotopic (exact) mass is 247 g/mol. The summed E-state index contributed by atoms with van der Waals surface area (Å²) in [5.74, 6) is -0.0223. The molecule has 2 heterocycles. The molecule has 0 atom stereocenters. The van der Waals surface area contributed by atoms with E-state index in [1.165, 1.54) is 0 Å². The molecule has 98 valence electrons. The van der Waals surface area contributed by atoms with Crippen molar-refractivity contribution < 1.29 is 4.79 Å². The summed E-state index contributed by atoms with van der Waals surface area (Å²) in [5.41, 5.74) is 1.88. The van der Waals surface area contributed by atoms with Gasteiger partial charge in [0.2, 0.25) is 0 Å². The number of aromatic nitrogens is 1. The zero-order valence-corrected chi connectivity index (χ0v) is 11.1. The zero-order chi connectivity index (χ0) is 13.0. The number of carbonyl (C=O) groups excluding carboxylic acids is 1. The fourth-order valence-corrected chi connectivity index (χ4v) is 2.28. The summed E-state index contributed by atoms with van der Waals surface area (Å²) in [6, 6.07) is 1.87. The van der Waals surface area contributed by atoms with Crippen LogP contribution in [0.3, 0.4) is 0 Å². The average Bonchev–Trinajstić information content (AvgIpc) is 2.37. The molecule has 4 nitrogen and oxygen atoms in total. The number of amides is 1. The molecule has 0 radical (unpaired) electrons. The lowest BCUT2D eigenvalue weighted by Gasteiger charge is -2.34. The number of nitrogens with zero attached hydrogens (tertiary/aromatic N) is 1. The molecule has 0 bridgehead atoms. The highest BCUT2D eigenvalue weighted by molar-refractivity contribution is 5.94. The number of nitrogens with one attached hydrogen (secondary N) is 2. The maximum atomic E-state index is 12.0. The molecule has 4 heteroatoms. The van der Waals surface area contributed by atoms with E-state index >= 15 is 0 Å². The van der Waals surface area contributed by atoms with Gasteiger partial charge in [-0.05, 0) is 49.9 Å². The number of rotatable bonds is 3. The molecule has 0 aromatic carbocycles. The lowest BCUT2D eigenvalue weighted by atomic mass is 9.81. The minimum atomic E-state index is -0.0223. The second-order valence-electron chi connectivity index (χ2n) is 5.49. The highest BCUT2D eigenvalue weighted by Gasteiger charge is 2.27. The molecule has 1 aliphatic rings. The van der Waals surface area contributed by atoms with Crippen molar-refractivity contribution in [3.8, 4) is 0 Å². The van der Waals surface area contributed by atoms with Crippen molar-refractivity contribution in [2.45, 2.75) is 26.7 Å². The van der Waals surface area contributed by atoms with E-state index in [1.54, 1.807) is 12.4 Å². The molecule has 1 saturated heterocycles. The Morgan fingerprint density at radius 1 is 1.44 bits per heavy atom. The average molecular weight is 247 g/mol. The van der Waals surface area contributed by atoms with Crippen LogP contribution in [0.2, 0.25) is 0 Å². The lowest BCUT2D eigenvalue weighted by Crippen LogP contribution is -2.42. The van der Waals surface area contributed by atoms with E-state index in [0.29, 0.717) is 5.56 Å². The van der Waals surface area contributed by atoms with E-state index < -0.39 is 0 Å². The minimum Gasteiger partial charge on any atom is -0.351 e. The number of hydrogen-bond acceptors (Lipinski definition) is 3. The van der Waals surface area contributed by atoms with Gasteiger partial charge in [0.15, 0.2) is 0 Å². The summed E-state index contributed by atoms with van der Waals surface area (Å²) in [6.07, 6.45) is 5.59. The van der Waals surface area contributed by atoms with Gasteiger partial charge in [0, 0.05) is 18.9 Å². The van der Waals surface area contributed by atoms with Gasteiger partial charge >= 0.3 is 0 Å². The van der Waals surface area contributed by atoms with Crippen LogP contribution in [0, 0.1) is 12.3 Å². The van der Waals surface area contributed by atoms with E-state index in [1.807, 2.05) is 13.0 Å². The lowest BCUT2D eigenvalue weighted by molar-refractivity contribution is 0.0922. The third kappa shape index (κ3) is 3.29. The van der Waals surface area contributed by atoms with Crippen molar-refractivity contribution in [3.63, 3.8) is 0 Å². The van der Waals surface area contributed by atoms with Crippen LogP contribution in [-0.2, 0) is 0 Å². The van der Waals surface area contributed by atoms with E-state index in [4.69, 9.17) is 0 Å². The highest BCUT2D eigenvalue weighted by Crippen LogP contribution is 2.26. The van der Waals surface area contributed by atoms with Crippen molar-refractivity contribution >= 4 is 5.91 Å². The van der Waals surface area contributed by atoms with Gasteiger partial charge < -0.3 is 10.6 Å². The molecule has 0 spiro atoms. The fraction of sp³-hybridized carbons (Fsp3) is 0.571. The van der Waals surface area contributed by atoms with Gasteiger partial charge in [0.1, 0.15) is 0 Å². The largest absolute Gasteiger partial charge is 0.351 e. The molecule has 2 rings (SSSR count).